The van der Waals surface area contributed by atoms with Crippen molar-refractivity contribution in [1.82, 2.24) is 4.90 Å². The second-order valence-electron chi connectivity index (χ2n) is 4.88. The summed E-state index contributed by atoms with van der Waals surface area (Å²) >= 11 is 0. The molecule has 4 nitrogen and oxygen atoms in total. The highest BCUT2D eigenvalue weighted by Gasteiger charge is 2.21. The molecule has 0 saturated carbocycles. The van der Waals surface area contributed by atoms with Gasteiger partial charge in [0.25, 0.3) is 0 Å². The van der Waals surface area contributed by atoms with Crippen molar-refractivity contribution in [1.29, 1.82) is 0 Å². The van der Waals surface area contributed by atoms with Crippen LogP contribution in [0.25, 0.3) is 0 Å². The van der Waals surface area contributed by atoms with E-state index < -0.39 is 6.10 Å². The molecule has 0 radical (unpaired) electrons. The minimum atomic E-state index is -0.433. The number of aliphatic hydroxyl groups is 1. The molecule has 1 heterocycles. The third-order valence-electron chi connectivity index (χ3n) is 3.16. The zero-order valence-corrected chi connectivity index (χ0v) is 10.8. The number of β-amino-alcohol motifs (C(OH)–C–C–N with tert-alkyl or cyclic N) is 1. The lowest BCUT2D eigenvalue weighted by molar-refractivity contribution is -0.112. The van der Waals surface area contributed by atoms with E-state index in [0.29, 0.717) is 13.2 Å². The fourth-order valence-electron chi connectivity index (χ4n) is 2.18. The summed E-state index contributed by atoms with van der Waals surface area (Å²) in [6, 6.07) is 0. The van der Waals surface area contributed by atoms with Gasteiger partial charge < -0.3 is 14.6 Å². The molecule has 2 unspecified atom stereocenters. The molecule has 0 aliphatic carbocycles. The van der Waals surface area contributed by atoms with E-state index in [1.165, 1.54) is 0 Å². The van der Waals surface area contributed by atoms with Crippen LogP contribution >= 0.6 is 0 Å². The number of nitrogens with zero attached hydrogens (tertiary/aromatic N) is 1. The van der Waals surface area contributed by atoms with E-state index in [1.54, 1.807) is 0 Å². The average molecular weight is 243 g/mol. The van der Waals surface area contributed by atoms with Gasteiger partial charge in [-0.3, -0.25) is 4.90 Å². The van der Waals surface area contributed by atoms with E-state index in [2.05, 4.69) is 11.8 Å². The molecule has 0 amide bonds. The Bertz CT molecular complexity index is 211. The van der Waals surface area contributed by atoms with E-state index in [1.807, 2.05) is 0 Å². The van der Waals surface area contributed by atoms with Gasteiger partial charge in [0.1, 0.15) is 6.29 Å². The SMILES string of the molecule is CCCCOCC(O)CN1CCCC(C=O)C1. The van der Waals surface area contributed by atoms with E-state index in [9.17, 15) is 9.90 Å². The van der Waals surface area contributed by atoms with Gasteiger partial charge in [-0.25, -0.2) is 0 Å². The van der Waals surface area contributed by atoms with Crippen molar-refractivity contribution in [2.75, 3.05) is 32.8 Å². The van der Waals surface area contributed by atoms with E-state index in [4.69, 9.17) is 4.74 Å². The van der Waals surface area contributed by atoms with Crippen molar-refractivity contribution >= 4 is 6.29 Å². The molecule has 1 fully saturated rings. The molecule has 1 N–H and O–H groups in total. The molecule has 0 aromatic heterocycles. The van der Waals surface area contributed by atoms with Crippen LogP contribution in [0.4, 0.5) is 0 Å². The Morgan fingerprint density at radius 1 is 1.59 bits per heavy atom. The number of aliphatic hydroxyl groups excluding tert-OH is 1. The van der Waals surface area contributed by atoms with Gasteiger partial charge in [0, 0.05) is 25.6 Å². The van der Waals surface area contributed by atoms with Gasteiger partial charge in [0.2, 0.25) is 0 Å². The zero-order valence-electron chi connectivity index (χ0n) is 10.8. The van der Waals surface area contributed by atoms with Gasteiger partial charge in [-0.15, -0.1) is 0 Å². The van der Waals surface area contributed by atoms with Crippen LogP contribution in [0.15, 0.2) is 0 Å². The van der Waals surface area contributed by atoms with Gasteiger partial charge in [0.05, 0.1) is 12.7 Å². The van der Waals surface area contributed by atoms with Crippen LogP contribution in [0.3, 0.4) is 0 Å². The summed E-state index contributed by atoms with van der Waals surface area (Å²) in [5, 5.41) is 9.80. The Labute approximate surface area is 104 Å². The monoisotopic (exact) mass is 243 g/mol. The summed E-state index contributed by atoms with van der Waals surface area (Å²) in [6.07, 6.45) is 4.80. The van der Waals surface area contributed by atoms with Crippen molar-refractivity contribution in [3.8, 4) is 0 Å². The smallest absolute Gasteiger partial charge is 0.124 e. The highest BCUT2D eigenvalue weighted by Crippen LogP contribution is 2.14. The molecule has 2 atom stereocenters. The van der Waals surface area contributed by atoms with Crippen LogP contribution in [0.2, 0.25) is 0 Å². The topological polar surface area (TPSA) is 49.8 Å². The number of ether oxygens (including phenoxy) is 1. The van der Waals surface area contributed by atoms with Gasteiger partial charge in [-0.2, -0.15) is 0 Å². The lowest BCUT2D eigenvalue weighted by atomic mass is 9.99. The first kappa shape index (κ1) is 14.6. The van der Waals surface area contributed by atoms with Crippen LogP contribution < -0.4 is 0 Å². The van der Waals surface area contributed by atoms with Crippen LogP contribution in [-0.4, -0.2) is 55.2 Å². The first-order valence-electron chi connectivity index (χ1n) is 6.69. The van der Waals surface area contributed by atoms with Gasteiger partial charge >= 0.3 is 0 Å². The highest BCUT2D eigenvalue weighted by atomic mass is 16.5. The number of rotatable bonds is 8. The molecule has 0 spiro atoms. The van der Waals surface area contributed by atoms with E-state index in [-0.39, 0.29) is 5.92 Å². The highest BCUT2D eigenvalue weighted by molar-refractivity contribution is 5.53. The molecule has 17 heavy (non-hydrogen) atoms. The quantitative estimate of drug-likeness (QED) is 0.512. The number of aldehydes is 1. The molecule has 1 aliphatic rings. The fourth-order valence-corrected chi connectivity index (χ4v) is 2.18. The Morgan fingerprint density at radius 2 is 2.41 bits per heavy atom. The summed E-state index contributed by atoms with van der Waals surface area (Å²) in [7, 11) is 0. The lowest BCUT2D eigenvalue weighted by Gasteiger charge is -2.31. The Morgan fingerprint density at radius 3 is 3.12 bits per heavy atom. The third kappa shape index (κ3) is 6.15. The molecular formula is C13H25NO3. The minimum absolute atomic E-state index is 0.150. The van der Waals surface area contributed by atoms with Crippen molar-refractivity contribution in [2.45, 2.75) is 38.7 Å². The van der Waals surface area contributed by atoms with Crippen molar-refractivity contribution in [3.05, 3.63) is 0 Å². The predicted octanol–water partition coefficient (Wildman–Crippen LogP) is 1.07. The molecular weight excluding hydrogens is 218 g/mol. The first-order chi connectivity index (χ1) is 8.26. The Balaban J connectivity index is 2.12. The Kier molecular flexibility index (Phi) is 7.40. The number of hydrogen-bond acceptors (Lipinski definition) is 4. The van der Waals surface area contributed by atoms with E-state index in [0.717, 1.165) is 51.7 Å². The first-order valence-corrected chi connectivity index (χ1v) is 6.69. The molecule has 0 bridgehead atoms. The maximum Gasteiger partial charge on any atom is 0.124 e. The number of unbranched alkanes of at least 4 members (excludes halogenated alkanes) is 1. The molecule has 1 saturated heterocycles. The summed E-state index contributed by atoms with van der Waals surface area (Å²) in [5.41, 5.74) is 0. The zero-order chi connectivity index (χ0) is 12.5. The molecule has 4 heteroatoms. The third-order valence-corrected chi connectivity index (χ3v) is 3.16. The van der Waals surface area contributed by atoms with Crippen LogP contribution in [0.5, 0.6) is 0 Å². The van der Waals surface area contributed by atoms with Crippen molar-refractivity contribution in [3.63, 3.8) is 0 Å². The van der Waals surface area contributed by atoms with Gasteiger partial charge in [-0.1, -0.05) is 13.3 Å². The standard InChI is InChI=1S/C13H25NO3/c1-2-3-7-17-11-13(16)9-14-6-4-5-12(8-14)10-15/h10,12-13,16H,2-9,11H2,1H3. The van der Waals surface area contributed by atoms with Crippen molar-refractivity contribution in [2.24, 2.45) is 5.92 Å². The largest absolute Gasteiger partial charge is 0.389 e. The number of hydrogen-bond donors (Lipinski definition) is 1. The number of likely N-dealkylation sites (tertiary alicyclic amines) is 1. The Hall–Kier alpha value is -0.450. The van der Waals surface area contributed by atoms with Crippen LogP contribution in [0.1, 0.15) is 32.6 Å². The second kappa shape index (κ2) is 8.61. The number of carbonyl (C=O) groups is 1. The summed E-state index contributed by atoms with van der Waals surface area (Å²) < 4.78 is 5.38. The fraction of sp³-hybridized carbons (Fsp3) is 0.923. The normalized spacial score (nSPS) is 23.5. The van der Waals surface area contributed by atoms with Gasteiger partial charge in [-0.05, 0) is 25.8 Å². The summed E-state index contributed by atoms with van der Waals surface area (Å²) in [6.45, 7) is 5.64. The van der Waals surface area contributed by atoms with E-state index >= 15 is 0 Å². The number of carbonyl (C=O) groups excluding carboxylic acids is 1. The molecule has 1 aliphatic heterocycles. The molecule has 100 valence electrons. The molecule has 0 aromatic rings. The molecule has 1 rings (SSSR count). The summed E-state index contributed by atoms with van der Waals surface area (Å²) in [4.78, 5) is 12.9. The maximum absolute atomic E-state index is 10.7. The number of piperidine rings is 1. The van der Waals surface area contributed by atoms with Crippen molar-refractivity contribution < 1.29 is 14.6 Å². The van der Waals surface area contributed by atoms with Crippen LogP contribution in [-0.2, 0) is 9.53 Å². The minimum Gasteiger partial charge on any atom is -0.389 e. The summed E-state index contributed by atoms with van der Waals surface area (Å²) in [5.74, 6) is 0.150. The van der Waals surface area contributed by atoms with Gasteiger partial charge in [0.15, 0.2) is 0 Å². The lowest BCUT2D eigenvalue weighted by Crippen LogP contribution is -2.41. The second-order valence-corrected chi connectivity index (χ2v) is 4.88. The average Bonchev–Trinajstić information content (AvgIpc) is 2.35. The maximum atomic E-state index is 10.7. The predicted molar refractivity (Wildman–Crippen MR) is 67.0 cm³/mol. The molecule has 0 aromatic carbocycles. The van der Waals surface area contributed by atoms with Crippen LogP contribution in [0, 0.1) is 5.92 Å².